The summed E-state index contributed by atoms with van der Waals surface area (Å²) in [6, 6.07) is 10.5. The first-order chi connectivity index (χ1) is 13.9. The number of carbonyl (C=O) groups is 3. The van der Waals surface area contributed by atoms with Crippen LogP contribution in [-0.4, -0.2) is 27.7 Å². The maximum absolute atomic E-state index is 12.6. The van der Waals surface area contributed by atoms with Crippen LogP contribution < -0.4 is 16.2 Å². The van der Waals surface area contributed by atoms with Crippen LogP contribution >= 0.6 is 12.2 Å². The van der Waals surface area contributed by atoms with Crippen molar-refractivity contribution < 1.29 is 14.4 Å². The average molecular weight is 413 g/mol. The number of hydrogen-bond donors (Lipinski definition) is 3. The van der Waals surface area contributed by atoms with Crippen molar-refractivity contribution in [1.29, 1.82) is 0 Å². The predicted molar refractivity (Wildman–Crippen MR) is 114 cm³/mol. The van der Waals surface area contributed by atoms with Crippen LogP contribution in [-0.2, 0) is 11.2 Å². The lowest BCUT2D eigenvalue weighted by Crippen LogP contribution is -2.48. The number of ketones is 1. The zero-order valence-corrected chi connectivity index (χ0v) is 17.3. The molecule has 0 aliphatic carbocycles. The Morgan fingerprint density at radius 1 is 0.966 bits per heavy atom. The van der Waals surface area contributed by atoms with Gasteiger partial charge in [0.2, 0.25) is 11.7 Å². The summed E-state index contributed by atoms with van der Waals surface area (Å²) in [6.45, 7) is 3.83. The van der Waals surface area contributed by atoms with Gasteiger partial charge in [-0.15, -0.1) is 0 Å². The van der Waals surface area contributed by atoms with Crippen molar-refractivity contribution in [1.82, 2.24) is 21.2 Å². The second-order valence-corrected chi connectivity index (χ2v) is 6.78. The van der Waals surface area contributed by atoms with Gasteiger partial charge in [0.1, 0.15) is 5.69 Å². The van der Waals surface area contributed by atoms with Gasteiger partial charge in [0, 0.05) is 18.2 Å². The molecule has 3 N–H and O–H groups in total. The zero-order chi connectivity index (χ0) is 21.2. The van der Waals surface area contributed by atoms with E-state index in [1.54, 1.807) is 19.1 Å². The van der Waals surface area contributed by atoms with E-state index < -0.39 is 5.91 Å². The van der Waals surface area contributed by atoms with Gasteiger partial charge < -0.3 is 5.32 Å². The molecular formula is C21H24N4O3S. The highest BCUT2D eigenvalue weighted by Crippen LogP contribution is 2.12. The molecule has 7 nitrogen and oxygen atoms in total. The second-order valence-electron chi connectivity index (χ2n) is 6.37. The number of aromatic nitrogens is 1. The van der Waals surface area contributed by atoms with Gasteiger partial charge in [-0.2, -0.15) is 0 Å². The fourth-order valence-corrected chi connectivity index (χ4v) is 2.61. The van der Waals surface area contributed by atoms with Gasteiger partial charge >= 0.3 is 0 Å². The molecule has 0 atom stereocenters. The average Bonchev–Trinajstić information content (AvgIpc) is 2.75. The molecule has 0 saturated heterocycles. The summed E-state index contributed by atoms with van der Waals surface area (Å²) in [5.74, 6) is -0.967. The Hall–Kier alpha value is -3.13. The molecule has 29 heavy (non-hydrogen) atoms. The first-order valence-electron chi connectivity index (χ1n) is 9.44. The van der Waals surface area contributed by atoms with Crippen molar-refractivity contribution >= 4 is 34.9 Å². The number of nitrogens with one attached hydrogen (secondary N) is 3. The molecule has 0 radical (unpaired) electrons. The number of unbranched alkanes of at least 4 members (excludes halogenated alkanes) is 1. The summed E-state index contributed by atoms with van der Waals surface area (Å²) < 4.78 is 0. The molecule has 0 bridgehead atoms. The lowest BCUT2D eigenvalue weighted by atomic mass is 10.0. The Labute approximate surface area is 175 Å². The molecular weight excluding hydrogens is 388 g/mol. The Kier molecular flexibility index (Phi) is 8.42. The van der Waals surface area contributed by atoms with Crippen molar-refractivity contribution in [2.75, 3.05) is 0 Å². The smallest absolute Gasteiger partial charge is 0.271 e. The number of rotatable bonds is 7. The van der Waals surface area contributed by atoms with E-state index in [1.807, 2.05) is 12.1 Å². The number of hydrogen-bond acceptors (Lipinski definition) is 5. The Balaban J connectivity index is 1.94. The van der Waals surface area contributed by atoms with E-state index in [0.29, 0.717) is 5.56 Å². The lowest BCUT2D eigenvalue weighted by Gasteiger charge is -2.10. The summed E-state index contributed by atoms with van der Waals surface area (Å²) >= 11 is 4.89. The maximum Gasteiger partial charge on any atom is 0.271 e. The molecule has 8 heteroatoms. The van der Waals surface area contributed by atoms with E-state index in [4.69, 9.17) is 12.2 Å². The molecule has 0 saturated carbocycles. The van der Waals surface area contributed by atoms with E-state index in [2.05, 4.69) is 28.1 Å². The van der Waals surface area contributed by atoms with Gasteiger partial charge in [-0.3, -0.25) is 30.2 Å². The van der Waals surface area contributed by atoms with Crippen LogP contribution in [0.2, 0.25) is 0 Å². The highest BCUT2D eigenvalue weighted by molar-refractivity contribution is 7.80. The Morgan fingerprint density at radius 2 is 1.66 bits per heavy atom. The van der Waals surface area contributed by atoms with E-state index in [9.17, 15) is 14.4 Å². The minimum atomic E-state index is -0.495. The van der Waals surface area contributed by atoms with Crippen LogP contribution in [0.4, 0.5) is 0 Å². The predicted octanol–water partition coefficient (Wildman–Crippen LogP) is 2.70. The Bertz CT molecular complexity index is 880. The van der Waals surface area contributed by atoms with Crippen LogP contribution in [0.3, 0.4) is 0 Å². The van der Waals surface area contributed by atoms with E-state index in [-0.39, 0.29) is 34.5 Å². The zero-order valence-electron chi connectivity index (χ0n) is 16.5. The molecule has 2 amide bonds. The summed E-state index contributed by atoms with van der Waals surface area (Å²) in [7, 11) is 0. The minimum Gasteiger partial charge on any atom is -0.302 e. The number of benzene rings is 1. The molecule has 2 rings (SSSR count). The van der Waals surface area contributed by atoms with Gasteiger partial charge in [-0.1, -0.05) is 44.5 Å². The molecule has 2 aromatic rings. The molecule has 0 fully saturated rings. The SMILES string of the molecule is CCCCc1ccc(C(=O)c2ccc(C(=O)NNC(=S)NC(=O)CC)cn2)cc1. The monoisotopic (exact) mass is 412 g/mol. The molecule has 152 valence electrons. The molecule has 1 heterocycles. The van der Waals surface area contributed by atoms with Gasteiger partial charge in [0.15, 0.2) is 5.11 Å². The van der Waals surface area contributed by atoms with E-state index in [0.717, 1.165) is 19.3 Å². The number of hydrazine groups is 1. The largest absolute Gasteiger partial charge is 0.302 e. The van der Waals surface area contributed by atoms with Gasteiger partial charge in [-0.25, -0.2) is 0 Å². The van der Waals surface area contributed by atoms with Crippen molar-refractivity contribution in [3.63, 3.8) is 0 Å². The quantitative estimate of drug-likeness (QED) is 0.367. The highest BCUT2D eigenvalue weighted by atomic mass is 32.1. The minimum absolute atomic E-state index is 0.00709. The van der Waals surface area contributed by atoms with Crippen LogP contribution in [0.25, 0.3) is 0 Å². The van der Waals surface area contributed by atoms with E-state index >= 15 is 0 Å². The van der Waals surface area contributed by atoms with Gasteiger partial charge in [0.05, 0.1) is 5.56 Å². The third-order valence-electron chi connectivity index (χ3n) is 4.16. The van der Waals surface area contributed by atoms with Crippen LogP contribution in [0.15, 0.2) is 42.6 Å². The van der Waals surface area contributed by atoms with Crippen LogP contribution in [0, 0.1) is 0 Å². The van der Waals surface area contributed by atoms with Crippen molar-refractivity contribution in [3.05, 3.63) is 65.0 Å². The van der Waals surface area contributed by atoms with Crippen molar-refractivity contribution in [2.24, 2.45) is 0 Å². The molecule has 0 aliphatic heterocycles. The lowest BCUT2D eigenvalue weighted by molar-refractivity contribution is -0.119. The number of carbonyl (C=O) groups excluding carboxylic acids is 3. The van der Waals surface area contributed by atoms with Crippen molar-refractivity contribution in [3.8, 4) is 0 Å². The van der Waals surface area contributed by atoms with Crippen LogP contribution in [0.1, 0.15) is 65.1 Å². The third-order valence-corrected chi connectivity index (χ3v) is 4.36. The number of aryl methyl sites for hydroxylation is 1. The summed E-state index contributed by atoms with van der Waals surface area (Å²) in [5.41, 5.74) is 7.04. The molecule has 0 spiro atoms. The Morgan fingerprint density at radius 3 is 2.24 bits per heavy atom. The highest BCUT2D eigenvalue weighted by Gasteiger charge is 2.13. The fraction of sp³-hybridized carbons (Fsp3) is 0.286. The molecule has 1 aromatic heterocycles. The summed E-state index contributed by atoms with van der Waals surface area (Å²) in [4.78, 5) is 40.0. The summed E-state index contributed by atoms with van der Waals surface area (Å²) in [5, 5.41) is 2.39. The van der Waals surface area contributed by atoms with Crippen molar-refractivity contribution in [2.45, 2.75) is 39.5 Å². The topological polar surface area (TPSA) is 100 Å². The molecule has 0 unspecified atom stereocenters. The normalized spacial score (nSPS) is 10.1. The standard InChI is InChI=1S/C21H24N4O3S/c1-3-5-6-14-7-9-15(10-8-14)19(27)17-12-11-16(13-22-17)20(28)24-25-21(29)23-18(26)4-2/h7-13H,3-6H2,1-2H3,(H,24,28)(H2,23,25,26,29). The fourth-order valence-electron chi connectivity index (χ4n) is 2.45. The van der Waals surface area contributed by atoms with Gasteiger partial charge in [-0.05, 0) is 42.8 Å². The number of thiocarbonyl (C=S) groups is 1. The third kappa shape index (κ3) is 6.76. The first-order valence-corrected chi connectivity index (χ1v) is 9.85. The second kappa shape index (κ2) is 11.0. The summed E-state index contributed by atoms with van der Waals surface area (Å²) in [6.07, 6.45) is 4.82. The number of nitrogens with zero attached hydrogens (tertiary/aromatic N) is 1. The molecule has 1 aromatic carbocycles. The van der Waals surface area contributed by atoms with Gasteiger partial charge in [0.25, 0.3) is 5.91 Å². The van der Waals surface area contributed by atoms with Crippen LogP contribution in [0.5, 0.6) is 0 Å². The van der Waals surface area contributed by atoms with E-state index in [1.165, 1.54) is 23.9 Å². The first kappa shape index (κ1) is 22.2. The number of amides is 2. The molecule has 0 aliphatic rings. The number of pyridine rings is 1. The maximum atomic E-state index is 12.6.